The lowest BCUT2D eigenvalue weighted by Gasteiger charge is -2.11. The highest BCUT2D eigenvalue weighted by Gasteiger charge is 2.09. The van der Waals surface area contributed by atoms with Crippen molar-refractivity contribution in [3.8, 4) is 0 Å². The van der Waals surface area contributed by atoms with Gasteiger partial charge in [0.2, 0.25) is 0 Å². The number of nitrogen functional groups attached to an aromatic ring is 1. The number of rotatable bonds is 5. The van der Waals surface area contributed by atoms with Gasteiger partial charge in [0.15, 0.2) is 9.84 Å². The number of sulfone groups is 1. The number of hydrogen-bond donors (Lipinski definition) is 2. The zero-order chi connectivity index (χ0) is 13.1. The van der Waals surface area contributed by atoms with Crippen LogP contribution in [0.3, 0.4) is 0 Å². The molecule has 0 unspecified atom stereocenters. The molecule has 0 heterocycles. The van der Waals surface area contributed by atoms with Crippen molar-refractivity contribution in [2.45, 2.75) is 25.2 Å². The Kier molecular flexibility index (Phi) is 4.40. The van der Waals surface area contributed by atoms with Crippen LogP contribution in [-0.2, 0) is 9.84 Å². The molecule has 0 aromatic heterocycles. The molecule has 0 aliphatic heterocycles. The maximum Gasteiger partial charge on any atom is 0.175 e. The molecule has 1 aromatic rings. The fourth-order valence-electron chi connectivity index (χ4n) is 1.43. The maximum absolute atomic E-state index is 11.3. The summed E-state index contributed by atoms with van der Waals surface area (Å²) >= 11 is 0. The fraction of sp³-hybridized carbons (Fsp3) is 0.500. The molecule has 0 radical (unpaired) electrons. The van der Waals surface area contributed by atoms with Gasteiger partial charge >= 0.3 is 0 Å². The molecule has 5 heteroatoms. The van der Waals surface area contributed by atoms with E-state index in [1.807, 2.05) is 0 Å². The molecular weight excluding hydrogens is 236 g/mol. The third kappa shape index (κ3) is 4.26. The summed E-state index contributed by atoms with van der Waals surface area (Å²) < 4.78 is 22.6. The number of nitrogens with one attached hydrogen (secondary N) is 1. The van der Waals surface area contributed by atoms with E-state index in [1.165, 1.54) is 12.3 Å². The zero-order valence-corrected chi connectivity index (χ0v) is 11.3. The number of anilines is 2. The van der Waals surface area contributed by atoms with Crippen LogP contribution in [0.2, 0.25) is 0 Å². The Bertz CT molecular complexity index is 481. The second-order valence-electron chi connectivity index (χ2n) is 4.63. The molecule has 0 saturated heterocycles. The summed E-state index contributed by atoms with van der Waals surface area (Å²) in [5, 5.41) is 3.20. The van der Waals surface area contributed by atoms with Crippen LogP contribution in [0.5, 0.6) is 0 Å². The number of hydrogen-bond acceptors (Lipinski definition) is 4. The number of nitrogens with two attached hydrogens (primary N) is 1. The van der Waals surface area contributed by atoms with Gasteiger partial charge in [0.05, 0.1) is 16.3 Å². The van der Waals surface area contributed by atoms with Gasteiger partial charge < -0.3 is 11.1 Å². The average molecular weight is 256 g/mol. The zero-order valence-electron chi connectivity index (χ0n) is 10.5. The Hall–Kier alpha value is -1.23. The largest absolute Gasteiger partial charge is 0.397 e. The molecule has 0 atom stereocenters. The van der Waals surface area contributed by atoms with Gasteiger partial charge in [-0.25, -0.2) is 8.42 Å². The van der Waals surface area contributed by atoms with E-state index in [2.05, 4.69) is 19.2 Å². The molecule has 0 fully saturated rings. The Morgan fingerprint density at radius 2 is 2.00 bits per heavy atom. The molecule has 0 amide bonds. The van der Waals surface area contributed by atoms with Crippen LogP contribution >= 0.6 is 0 Å². The van der Waals surface area contributed by atoms with Gasteiger partial charge in [-0.15, -0.1) is 0 Å². The van der Waals surface area contributed by atoms with Crippen molar-refractivity contribution in [3.63, 3.8) is 0 Å². The molecule has 0 aliphatic rings. The van der Waals surface area contributed by atoms with Crippen molar-refractivity contribution in [3.05, 3.63) is 18.2 Å². The van der Waals surface area contributed by atoms with Gasteiger partial charge in [0, 0.05) is 12.8 Å². The molecule has 1 aromatic carbocycles. The molecule has 0 aliphatic carbocycles. The Labute approximate surface area is 103 Å². The summed E-state index contributed by atoms with van der Waals surface area (Å²) in [6.45, 7) is 5.13. The van der Waals surface area contributed by atoms with E-state index < -0.39 is 9.84 Å². The highest BCUT2D eigenvalue weighted by molar-refractivity contribution is 7.90. The monoisotopic (exact) mass is 256 g/mol. The lowest BCUT2D eigenvalue weighted by atomic mass is 10.1. The van der Waals surface area contributed by atoms with E-state index >= 15 is 0 Å². The van der Waals surface area contributed by atoms with Crippen molar-refractivity contribution >= 4 is 21.2 Å². The van der Waals surface area contributed by atoms with Gasteiger partial charge in [-0.2, -0.15) is 0 Å². The third-order valence-electron chi connectivity index (χ3n) is 2.49. The van der Waals surface area contributed by atoms with E-state index in [0.29, 0.717) is 11.6 Å². The van der Waals surface area contributed by atoms with Gasteiger partial charge in [-0.1, -0.05) is 13.8 Å². The topological polar surface area (TPSA) is 72.2 Å². The van der Waals surface area contributed by atoms with E-state index in [0.717, 1.165) is 18.7 Å². The molecule has 0 saturated carbocycles. The first-order valence-corrected chi connectivity index (χ1v) is 7.53. The van der Waals surface area contributed by atoms with Crippen molar-refractivity contribution in [1.29, 1.82) is 0 Å². The van der Waals surface area contributed by atoms with Gasteiger partial charge in [0.25, 0.3) is 0 Å². The molecule has 17 heavy (non-hydrogen) atoms. The first-order chi connectivity index (χ1) is 7.80. The third-order valence-corrected chi connectivity index (χ3v) is 3.60. The van der Waals surface area contributed by atoms with E-state index in [4.69, 9.17) is 5.73 Å². The summed E-state index contributed by atoms with van der Waals surface area (Å²) in [6.07, 6.45) is 2.22. The molecule has 1 rings (SSSR count). The van der Waals surface area contributed by atoms with Crippen molar-refractivity contribution in [2.24, 2.45) is 5.92 Å². The highest BCUT2D eigenvalue weighted by Crippen LogP contribution is 2.22. The Balaban J connectivity index is 2.77. The smallest absolute Gasteiger partial charge is 0.175 e. The molecular formula is C12H20N2O2S. The van der Waals surface area contributed by atoms with Crippen LogP contribution in [0.4, 0.5) is 11.4 Å². The first kappa shape index (κ1) is 13.8. The quantitative estimate of drug-likeness (QED) is 0.792. The van der Waals surface area contributed by atoms with E-state index in [1.54, 1.807) is 12.1 Å². The Morgan fingerprint density at radius 1 is 1.35 bits per heavy atom. The predicted molar refractivity (Wildman–Crippen MR) is 71.9 cm³/mol. The van der Waals surface area contributed by atoms with Crippen LogP contribution in [0.15, 0.2) is 23.1 Å². The van der Waals surface area contributed by atoms with Gasteiger partial charge in [-0.05, 0) is 30.5 Å². The molecule has 0 spiro atoms. The van der Waals surface area contributed by atoms with Crippen LogP contribution in [0, 0.1) is 5.92 Å². The normalized spacial score (nSPS) is 11.8. The second-order valence-corrected chi connectivity index (χ2v) is 6.65. The minimum atomic E-state index is -3.18. The summed E-state index contributed by atoms with van der Waals surface area (Å²) in [5.74, 6) is 0.624. The summed E-state index contributed by atoms with van der Waals surface area (Å²) in [7, 11) is -3.18. The molecule has 96 valence electrons. The van der Waals surface area contributed by atoms with Gasteiger partial charge in [0.1, 0.15) is 0 Å². The van der Waals surface area contributed by atoms with Crippen LogP contribution in [0.25, 0.3) is 0 Å². The van der Waals surface area contributed by atoms with Crippen molar-refractivity contribution in [1.82, 2.24) is 0 Å². The van der Waals surface area contributed by atoms with Crippen LogP contribution < -0.4 is 11.1 Å². The highest BCUT2D eigenvalue weighted by atomic mass is 32.2. The van der Waals surface area contributed by atoms with Crippen LogP contribution in [-0.4, -0.2) is 21.2 Å². The molecule has 0 bridgehead atoms. The summed E-state index contributed by atoms with van der Waals surface area (Å²) in [5.41, 5.74) is 7.07. The predicted octanol–water partition coefficient (Wildman–Crippen LogP) is 2.13. The average Bonchev–Trinajstić information content (AvgIpc) is 2.18. The van der Waals surface area contributed by atoms with Crippen molar-refractivity contribution in [2.75, 3.05) is 23.9 Å². The van der Waals surface area contributed by atoms with Gasteiger partial charge in [-0.3, -0.25) is 0 Å². The fourth-order valence-corrected chi connectivity index (χ4v) is 2.08. The second kappa shape index (κ2) is 5.40. The van der Waals surface area contributed by atoms with Crippen LogP contribution in [0.1, 0.15) is 20.3 Å². The first-order valence-electron chi connectivity index (χ1n) is 5.64. The minimum absolute atomic E-state index is 0.254. The summed E-state index contributed by atoms with van der Waals surface area (Å²) in [4.78, 5) is 0.254. The lowest BCUT2D eigenvalue weighted by molar-refractivity contribution is 0.602. The molecule has 3 N–H and O–H groups in total. The van der Waals surface area contributed by atoms with E-state index in [-0.39, 0.29) is 4.90 Å². The van der Waals surface area contributed by atoms with Crippen molar-refractivity contribution < 1.29 is 8.42 Å². The minimum Gasteiger partial charge on any atom is -0.397 e. The van der Waals surface area contributed by atoms with E-state index in [9.17, 15) is 8.42 Å². The lowest BCUT2D eigenvalue weighted by Crippen LogP contribution is -2.07. The summed E-state index contributed by atoms with van der Waals surface area (Å²) in [6, 6.07) is 4.78. The standard InChI is InChI=1S/C12H20N2O2S/c1-9(2)6-7-14-12-5-4-10(8-11(12)13)17(3,15)16/h4-5,8-9,14H,6-7,13H2,1-3H3. The maximum atomic E-state index is 11.3. The Morgan fingerprint density at radius 3 is 2.47 bits per heavy atom. The molecule has 4 nitrogen and oxygen atoms in total. The SMILES string of the molecule is CC(C)CCNc1ccc(S(C)(=O)=O)cc1N. The number of benzene rings is 1.